The lowest BCUT2D eigenvalue weighted by Crippen LogP contribution is -2.31. The summed E-state index contributed by atoms with van der Waals surface area (Å²) in [6.45, 7) is 0. The Balaban J connectivity index is 1.44. The van der Waals surface area contributed by atoms with Crippen LogP contribution < -0.4 is 10.5 Å². The minimum atomic E-state index is -0.873. The van der Waals surface area contributed by atoms with Gasteiger partial charge in [0.05, 0.1) is 11.4 Å². The molecule has 8 nitrogen and oxygen atoms in total. The maximum Gasteiger partial charge on any atom is 0.347 e. The van der Waals surface area contributed by atoms with E-state index in [1.807, 2.05) is 30.3 Å². The predicted molar refractivity (Wildman–Crippen MR) is 150 cm³/mol. The summed E-state index contributed by atoms with van der Waals surface area (Å²) in [7, 11) is 0. The van der Waals surface area contributed by atoms with Gasteiger partial charge in [-0.15, -0.1) is 0 Å². The van der Waals surface area contributed by atoms with E-state index in [1.165, 1.54) is 22.9 Å². The Morgan fingerprint density at radius 1 is 0.750 bits per heavy atom. The van der Waals surface area contributed by atoms with Gasteiger partial charge in [-0.05, 0) is 59.3 Å². The van der Waals surface area contributed by atoms with E-state index in [4.69, 9.17) is 16.0 Å². The average molecular weight is 546 g/mol. The number of amides is 2. The fourth-order valence-corrected chi connectivity index (χ4v) is 5.15. The summed E-state index contributed by atoms with van der Waals surface area (Å²) in [6.07, 6.45) is 0. The summed E-state index contributed by atoms with van der Waals surface area (Å²) in [4.78, 5) is 55.3. The highest BCUT2D eigenvalue weighted by Crippen LogP contribution is 2.34. The van der Waals surface area contributed by atoms with Gasteiger partial charge in [0, 0.05) is 10.4 Å². The molecular weight excluding hydrogens is 530 g/mol. The molecule has 4 aromatic carbocycles. The number of fused-ring (bicyclic) bond motifs is 4. The highest BCUT2D eigenvalue weighted by Gasteiger charge is 2.45. The van der Waals surface area contributed by atoms with E-state index in [2.05, 4.69) is 5.10 Å². The topological polar surface area (TPSA) is 102 Å². The predicted octanol–water partition coefficient (Wildman–Crippen LogP) is 5.82. The van der Waals surface area contributed by atoms with Crippen LogP contribution in [0, 0.1) is 0 Å². The molecule has 40 heavy (non-hydrogen) atoms. The van der Waals surface area contributed by atoms with E-state index in [1.54, 1.807) is 48.5 Å². The number of hydrogen-bond donors (Lipinski definition) is 0. The number of para-hydroxylation sites is 1. The van der Waals surface area contributed by atoms with Gasteiger partial charge in [-0.1, -0.05) is 60.1 Å². The average Bonchev–Trinajstić information content (AvgIpc) is 3.49. The fraction of sp³-hybridized carbons (Fsp3) is 0. The van der Waals surface area contributed by atoms with Crippen molar-refractivity contribution in [2.24, 2.45) is 0 Å². The lowest BCUT2D eigenvalue weighted by atomic mass is 10.0. The molecule has 192 valence electrons. The summed E-state index contributed by atoms with van der Waals surface area (Å²) in [5, 5.41) is 7.08. The van der Waals surface area contributed by atoms with Gasteiger partial charge in [-0.2, -0.15) is 5.10 Å². The smallest absolute Gasteiger partial charge is 0.347 e. The minimum Gasteiger partial charge on any atom is -0.422 e. The summed E-state index contributed by atoms with van der Waals surface area (Å²) in [6, 6.07) is 27.3. The van der Waals surface area contributed by atoms with E-state index in [9.17, 15) is 19.2 Å². The van der Waals surface area contributed by atoms with Crippen molar-refractivity contribution in [2.45, 2.75) is 0 Å². The number of hydrogen-bond acceptors (Lipinski definition) is 6. The van der Waals surface area contributed by atoms with Crippen molar-refractivity contribution >= 4 is 56.6 Å². The molecule has 2 amide bonds. The Hall–Kier alpha value is -5.34. The summed E-state index contributed by atoms with van der Waals surface area (Å²) >= 11 is 6.01. The molecule has 1 aliphatic rings. The van der Waals surface area contributed by atoms with Crippen LogP contribution in [0.2, 0.25) is 5.02 Å². The molecule has 0 saturated heterocycles. The molecule has 0 fully saturated rings. The first-order valence-corrected chi connectivity index (χ1v) is 12.6. The van der Waals surface area contributed by atoms with Gasteiger partial charge in [0.1, 0.15) is 28.1 Å². The van der Waals surface area contributed by atoms with Crippen molar-refractivity contribution in [3.05, 3.63) is 135 Å². The maximum atomic E-state index is 14.0. The third-order valence-corrected chi connectivity index (χ3v) is 7.15. The number of aromatic nitrogens is 2. The quantitative estimate of drug-likeness (QED) is 0.120. The number of carbonyl (C=O) groups excluding carboxylic acids is 3. The number of ketones is 1. The van der Waals surface area contributed by atoms with Crippen molar-refractivity contribution in [2.75, 3.05) is 4.90 Å². The Morgan fingerprint density at radius 3 is 2.25 bits per heavy atom. The fourth-order valence-electron chi connectivity index (χ4n) is 5.03. The molecule has 1 aliphatic heterocycles. The molecule has 0 spiro atoms. The molecule has 3 heterocycles. The lowest BCUT2D eigenvalue weighted by Gasteiger charge is -2.15. The first-order valence-electron chi connectivity index (χ1n) is 12.3. The van der Waals surface area contributed by atoms with Gasteiger partial charge < -0.3 is 4.42 Å². The molecule has 6 aromatic rings. The maximum absolute atomic E-state index is 14.0. The standard InChI is InChI=1S/C31H16ClN3O5/c32-18-11-13-19(14-12-18)34-29(37)25-26(33-35(27(25)30(34)38)20-7-2-1-3-8-20)28(36)23-16-22-21-9-5-4-6-17(21)10-15-24(22)40-31(23)39/h1-16H. The highest BCUT2D eigenvalue weighted by molar-refractivity contribution is 6.37. The molecule has 9 heteroatoms. The lowest BCUT2D eigenvalue weighted by molar-refractivity contribution is 0.0915. The van der Waals surface area contributed by atoms with Crippen LogP contribution in [0.3, 0.4) is 0 Å². The second-order valence-electron chi connectivity index (χ2n) is 9.22. The molecular formula is C31H16ClN3O5. The van der Waals surface area contributed by atoms with Gasteiger partial charge in [-0.3, -0.25) is 14.4 Å². The largest absolute Gasteiger partial charge is 0.422 e. The van der Waals surface area contributed by atoms with Crippen LogP contribution >= 0.6 is 11.6 Å². The van der Waals surface area contributed by atoms with Crippen LogP contribution in [0.15, 0.2) is 106 Å². The van der Waals surface area contributed by atoms with Crippen molar-refractivity contribution in [1.82, 2.24) is 9.78 Å². The van der Waals surface area contributed by atoms with Gasteiger partial charge in [0.2, 0.25) is 5.78 Å². The molecule has 0 saturated carbocycles. The van der Waals surface area contributed by atoms with Gasteiger partial charge in [0.25, 0.3) is 11.8 Å². The zero-order valence-electron chi connectivity index (χ0n) is 20.5. The van der Waals surface area contributed by atoms with Crippen LogP contribution in [-0.2, 0) is 0 Å². The van der Waals surface area contributed by atoms with Crippen LogP contribution in [0.25, 0.3) is 27.4 Å². The van der Waals surface area contributed by atoms with Crippen LogP contribution in [0.1, 0.15) is 36.9 Å². The third kappa shape index (κ3) is 3.50. The van der Waals surface area contributed by atoms with Gasteiger partial charge >= 0.3 is 5.63 Å². The SMILES string of the molecule is O=C(c1nn(-c2ccccc2)c2c1C(=O)N(c1ccc(Cl)cc1)C2=O)c1cc2c(ccc3ccccc32)oc1=O. The highest BCUT2D eigenvalue weighted by atomic mass is 35.5. The van der Waals surface area contributed by atoms with E-state index >= 15 is 0 Å². The number of nitrogens with zero attached hydrogens (tertiary/aromatic N) is 3. The first-order chi connectivity index (χ1) is 19.4. The number of anilines is 1. The number of benzene rings is 4. The molecule has 0 atom stereocenters. The van der Waals surface area contributed by atoms with E-state index in [0.717, 1.165) is 15.7 Å². The minimum absolute atomic E-state index is 0.0786. The van der Waals surface area contributed by atoms with Crippen LogP contribution in [0.4, 0.5) is 5.69 Å². The first kappa shape index (κ1) is 23.8. The van der Waals surface area contributed by atoms with E-state index in [0.29, 0.717) is 21.7 Å². The Kier molecular flexibility index (Phi) is 5.26. The van der Waals surface area contributed by atoms with Gasteiger partial charge in [-0.25, -0.2) is 14.4 Å². The summed E-state index contributed by atoms with van der Waals surface area (Å²) in [5.74, 6) is -2.22. The Labute approximate surface area is 230 Å². The normalized spacial score (nSPS) is 12.9. The van der Waals surface area contributed by atoms with Crippen molar-refractivity contribution < 1.29 is 18.8 Å². The van der Waals surface area contributed by atoms with Crippen molar-refractivity contribution in [3.8, 4) is 5.69 Å². The van der Waals surface area contributed by atoms with E-state index < -0.39 is 23.2 Å². The molecule has 7 rings (SSSR count). The number of imide groups is 1. The molecule has 2 aromatic heterocycles. The van der Waals surface area contributed by atoms with Crippen molar-refractivity contribution in [1.29, 1.82) is 0 Å². The monoisotopic (exact) mass is 545 g/mol. The number of carbonyl (C=O) groups is 3. The van der Waals surface area contributed by atoms with Crippen LogP contribution in [-0.4, -0.2) is 27.4 Å². The molecule has 0 N–H and O–H groups in total. The molecule has 0 aliphatic carbocycles. The van der Waals surface area contributed by atoms with Gasteiger partial charge in [0.15, 0.2) is 0 Å². The third-order valence-electron chi connectivity index (χ3n) is 6.90. The molecule has 0 unspecified atom stereocenters. The zero-order chi connectivity index (χ0) is 27.5. The second-order valence-corrected chi connectivity index (χ2v) is 9.65. The number of rotatable bonds is 4. The van der Waals surface area contributed by atoms with Crippen molar-refractivity contribution in [3.63, 3.8) is 0 Å². The number of halogens is 1. The van der Waals surface area contributed by atoms with E-state index in [-0.39, 0.29) is 28.2 Å². The molecule has 0 bridgehead atoms. The zero-order valence-corrected chi connectivity index (χ0v) is 21.3. The Morgan fingerprint density at radius 2 is 1.48 bits per heavy atom. The Bertz CT molecular complexity index is 2100. The summed E-state index contributed by atoms with van der Waals surface area (Å²) in [5.41, 5.74) is -0.687. The second kappa shape index (κ2) is 8.86. The molecule has 0 radical (unpaired) electrons. The summed E-state index contributed by atoms with van der Waals surface area (Å²) < 4.78 is 6.78. The van der Waals surface area contributed by atoms with Crippen LogP contribution in [0.5, 0.6) is 0 Å².